The zero-order chi connectivity index (χ0) is 8.43. The summed E-state index contributed by atoms with van der Waals surface area (Å²) >= 11 is 0. The van der Waals surface area contributed by atoms with Gasteiger partial charge in [-0.3, -0.25) is 4.79 Å². The third kappa shape index (κ3) is 1.61. The molecule has 0 spiro atoms. The molecule has 11 heavy (non-hydrogen) atoms. The van der Waals surface area contributed by atoms with E-state index < -0.39 is 0 Å². The fourth-order valence-electron chi connectivity index (χ4n) is 0.998. The number of hydrogen-bond donors (Lipinski definition) is 2. The van der Waals surface area contributed by atoms with Crippen molar-refractivity contribution in [3.63, 3.8) is 0 Å². The summed E-state index contributed by atoms with van der Waals surface area (Å²) in [5.41, 5.74) is 0.985. The van der Waals surface area contributed by atoms with Gasteiger partial charge in [-0.1, -0.05) is 6.58 Å². The van der Waals surface area contributed by atoms with Crippen molar-refractivity contribution in [3.8, 4) is 0 Å². The summed E-state index contributed by atoms with van der Waals surface area (Å²) in [6, 6.07) is 0. The zero-order valence-electron chi connectivity index (χ0n) is 6.48. The molecular formula is C8H11NO2. The van der Waals surface area contributed by atoms with Gasteiger partial charge in [0.1, 0.15) is 11.5 Å². The van der Waals surface area contributed by atoms with Gasteiger partial charge in [-0.05, 0) is 6.92 Å². The molecule has 0 aromatic rings. The summed E-state index contributed by atoms with van der Waals surface area (Å²) in [5.74, 6) is 0.114. The van der Waals surface area contributed by atoms with Gasteiger partial charge < -0.3 is 10.4 Å². The molecule has 0 aliphatic heterocycles. The first-order valence-electron chi connectivity index (χ1n) is 3.49. The van der Waals surface area contributed by atoms with E-state index in [1.54, 1.807) is 6.92 Å². The van der Waals surface area contributed by atoms with E-state index in [4.69, 9.17) is 5.11 Å². The standard InChI is InChI=1S/C8H11NO2/c1-5(2)9-8-6(10)3-4-7(8)11/h9-10H,1,3-4H2,2H3. The first-order valence-corrected chi connectivity index (χ1v) is 3.49. The van der Waals surface area contributed by atoms with Crippen molar-refractivity contribution >= 4 is 5.78 Å². The maximum absolute atomic E-state index is 11.0. The summed E-state index contributed by atoms with van der Waals surface area (Å²) in [5, 5.41) is 11.9. The molecule has 0 radical (unpaired) electrons. The minimum atomic E-state index is -0.0366. The van der Waals surface area contributed by atoms with Crippen LogP contribution in [0.2, 0.25) is 0 Å². The largest absolute Gasteiger partial charge is 0.510 e. The van der Waals surface area contributed by atoms with Crippen LogP contribution in [0.1, 0.15) is 19.8 Å². The molecule has 0 aromatic carbocycles. The minimum absolute atomic E-state index is 0.0366. The lowest BCUT2D eigenvalue weighted by molar-refractivity contribution is -0.115. The van der Waals surface area contributed by atoms with Crippen LogP contribution >= 0.6 is 0 Å². The average molecular weight is 153 g/mol. The first kappa shape index (κ1) is 7.85. The second-order valence-electron chi connectivity index (χ2n) is 2.65. The van der Waals surface area contributed by atoms with Crippen molar-refractivity contribution in [1.29, 1.82) is 0 Å². The quantitative estimate of drug-likeness (QED) is 0.627. The topological polar surface area (TPSA) is 49.3 Å². The number of Topliss-reactive ketones (excluding diaryl/α,β-unsaturated/α-hetero) is 1. The van der Waals surface area contributed by atoms with Crippen LogP contribution < -0.4 is 5.32 Å². The number of aliphatic hydroxyl groups is 1. The van der Waals surface area contributed by atoms with E-state index in [1.165, 1.54) is 0 Å². The molecular weight excluding hydrogens is 142 g/mol. The molecule has 60 valence electrons. The molecule has 0 saturated heterocycles. The van der Waals surface area contributed by atoms with Gasteiger partial charge in [0.25, 0.3) is 0 Å². The lowest BCUT2D eigenvalue weighted by Crippen LogP contribution is -2.15. The van der Waals surface area contributed by atoms with Crippen LogP contribution in [0.3, 0.4) is 0 Å². The van der Waals surface area contributed by atoms with E-state index >= 15 is 0 Å². The Morgan fingerprint density at radius 3 is 2.64 bits per heavy atom. The van der Waals surface area contributed by atoms with Crippen molar-refractivity contribution in [1.82, 2.24) is 5.32 Å². The van der Waals surface area contributed by atoms with Crippen LogP contribution in [0.5, 0.6) is 0 Å². The predicted octanol–water partition coefficient (Wildman–Crippen LogP) is 1.24. The van der Waals surface area contributed by atoms with Crippen molar-refractivity contribution in [3.05, 3.63) is 23.7 Å². The highest BCUT2D eigenvalue weighted by Gasteiger charge is 2.22. The van der Waals surface area contributed by atoms with Crippen molar-refractivity contribution in [2.24, 2.45) is 0 Å². The van der Waals surface area contributed by atoms with Crippen LogP contribution in [0.4, 0.5) is 0 Å². The Bertz CT molecular complexity index is 240. The normalized spacial score (nSPS) is 17.4. The molecule has 0 amide bonds. The summed E-state index contributed by atoms with van der Waals surface area (Å²) in [6.07, 6.45) is 0.857. The number of hydrogen-bond acceptors (Lipinski definition) is 3. The van der Waals surface area contributed by atoms with Gasteiger partial charge in [-0.15, -0.1) is 0 Å². The number of carbonyl (C=O) groups is 1. The van der Waals surface area contributed by atoms with Crippen LogP contribution in [0.15, 0.2) is 23.7 Å². The predicted molar refractivity (Wildman–Crippen MR) is 41.8 cm³/mol. The van der Waals surface area contributed by atoms with E-state index in [2.05, 4.69) is 11.9 Å². The Labute approximate surface area is 65.4 Å². The van der Waals surface area contributed by atoms with Gasteiger partial charge in [0, 0.05) is 18.5 Å². The number of ketones is 1. The Kier molecular flexibility index (Phi) is 1.98. The molecule has 0 unspecified atom stereocenters. The van der Waals surface area contributed by atoms with Gasteiger partial charge >= 0.3 is 0 Å². The Morgan fingerprint density at radius 1 is 1.64 bits per heavy atom. The molecule has 1 aliphatic rings. The van der Waals surface area contributed by atoms with E-state index in [1.807, 2.05) is 0 Å². The highest BCUT2D eigenvalue weighted by atomic mass is 16.3. The highest BCUT2D eigenvalue weighted by Crippen LogP contribution is 2.18. The molecule has 1 rings (SSSR count). The van der Waals surface area contributed by atoms with E-state index in [9.17, 15) is 4.79 Å². The Hall–Kier alpha value is -1.25. The van der Waals surface area contributed by atoms with E-state index in [0.29, 0.717) is 24.2 Å². The van der Waals surface area contributed by atoms with Crippen molar-refractivity contribution in [2.75, 3.05) is 0 Å². The Balaban J connectivity index is 2.75. The summed E-state index contributed by atoms with van der Waals surface area (Å²) < 4.78 is 0. The van der Waals surface area contributed by atoms with E-state index in [-0.39, 0.29) is 11.5 Å². The van der Waals surface area contributed by atoms with Gasteiger partial charge in [0.05, 0.1) is 0 Å². The molecule has 0 fully saturated rings. The van der Waals surface area contributed by atoms with Crippen LogP contribution in [-0.2, 0) is 4.79 Å². The van der Waals surface area contributed by atoms with Gasteiger partial charge in [-0.2, -0.15) is 0 Å². The Morgan fingerprint density at radius 2 is 2.27 bits per heavy atom. The molecule has 0 bridgehead atoms. The molecule has 0 heterocycles. The summed E-state index contributed by atoms with van der Waals surface area (Å²) in [6.45, 7) is 5.32. The second-order valence-corrected chi connectivity index (χ2v) is 2.65. The average Bonchev–Trinajstić information content (AvgIpc) is 2.18. The van der Waals surface area contributed by atoms with Crippen LogP contribution in [-0.4, -0.2) is 10.9 Å². The highest BCUT2D eigenvalue weighted by molar-refractivity contribution is 5.97. The van der Waals surface area contributed by atoms with Gasteiger partial charge in [0.2, 0.25) is 0 Å². The summed E-state index contributed by atoms with van der Waals surface area (Å²) in [7, 11) is 0. The van der Waals surface area contributed by atoms with Crippen molar-refractivity contribution < 1.29 is 9.90 Å². The number of rotatable bonds is 2. The first-order chi connectivity index (χ1) is 5.11. The SMILES string of the molecule is C=C(C)NC1=C(O)CCC1=O. The molecule has 3 nitrogen and oxygen atoms in total. The lowest BCUT2D eigenvalue weighted by Gasteiger charge is -2.03. The number of carbonyl (C=O) groups excluding carboxylic acids is 1. The zero-order valence-corrected chi connectivity index (χ0v) is 6.48. The number of allylic oxidation sites excluding steroid dienone is 3. The monoisotopic (exact) mass is 153 g/mol. The molecule has 1 aliphatic carbocycles. The molecule has 2 N–H and O–H groups in total. The number of nitrogens with one attached hydrogen (secondary N) is 1. The third-order valence-corrected chi connectivity index (χ3v) is 1.49. The molecule has 0 atom stereocenters. The lowest BCUT2D eigenvalue weighted by atomic mass is 10.3. The smallest absolute Gasteiger partial charge is 0.182 e. The second kappa shape index (κ2) is 2.78. The van der Waals surface area contributed by atoms with Crippen LogP contribution in [0, 0.1) is 0 Å². The molecule has 0 aromatic heterocycles. The number of aliphatic hydroxyl groups excluding tert-OH is 1. The van der Waals surface area contributed by atoms with Crippen molar-refractivity contribution in [2.45, 2.75) is 19.8 Å². The van der Waals surface area contributed by atoms with Gasteiger partial charge in [-0.25, -0.2) is 0 Å². The minimum Gasteiger partial charge on any atom is -0.510 e. The fourth-order valence-corrected chi connectivity index (χ4v) is 0.998. The maximum atomic E-state index is 11.0. The summed E-state index contributed by atoms with van der Waals surface area (Å²) in [4.78, 5) is 11.0. The van der Waals surface area contributed by atoms with E-state index in [0.717, 1.165) is 0 Å². The fraction of sp³-hybridized carbons (Fsp3) is 0.375. The van der Waals surface area contributed by atoms with Crippen LogP contribution in [0.25, 0.3) is 0 Å². The third-order valence-electron chi connectivity index (χ3n) is 1.49. The van der Waals surface area contributed by atoms with Gasteiger partial charge in [0.15, 0.2) is 5.78 Å². The maximum Gasteiger partial charge on any atom is 0.182 e. The molecule has 3 heteroatoms. The molecule has 0 saturated carbocycles.